The molecule has 0 aliphatic carbocycles. The van der Waals surface area contributed by atoms with Gasteiger partial charge in [-0.15, -0.1) is 0 Å². The lowest BCUT2D eigenvalue weighted by Gasteiger charge is -2.16. The maximum atomic E-state index is 6.08. The Morgan fingerprint density at radius 1 is 1.33 bits per heavy atom. The van der Waals surface area contributed by atoms with Crippen LogP contribution in [0.4, 0.5) is 0 Å². The van der Waals surface area contributed by atoms with E-state index < -0.39 is 0 Å². The van der Waals surface area contributed by atoms with E-state index >= 15 is 0 Å². The number of methoxy groups -OCH3 is 1. The number of rotatable bonds is 8. The zero-order valence-corrected chi connectivity index (χ0v) is 12.3. The van der Waals surface area contributed by atoms with Crippen molar-refractivity contribution in [3.8, 4) is 0 Å². The Labute approximate surface area is 115 Å². The van der Waals surface area contributed by atoms with Gasteiger partial charge in [0.1, 0.15) is 0 Å². The van der Waals surface area contributed by atoms with Gasteiger partial charge >= 0.3 is 0 Å². The van der Waals surface area contributed by atoms with Gasteiger partial charge in [0.2, 0.25) is 0 Å². The van der Waals surface area contributed by atoms with Crippen LogP contribution in [0.1, 0.15) is 11.1 Å². The molecule has 0 aliphatic heterocycles. The van der Waals surface area contributed by atoms with E-state index in [1.807, 2.05) is 13.0 Å². The lowest BCUT2D eigenvalue weighted by atomic mass is 10.1. The first-order chi connectivity index (χ1) is 8.63. The van der Waals surface area contributed by atoms with Crippen LogP contribution in [-0.4, -0.2) is 45.3 Å². The highest BCUT2D eigenvalue weighted by molar-refractivity contribution is 6.31. The van der Waals surface area contributed by atoms with E-state index in [-0.39, 0.29) is 0 Å². The number of hydrogen-bond donors (Lipinski definition) is 1. The number of nitrogens with one attached hydrogen (secondary N) is 1. The van der Waals surface area contributed by atoms with Gasteiger partial charge in [-0.2, -0.15) is 0 Å². The zero-order valence-electron chi connectivity index (χ0n) is 11.5. The van der Waals surface area contributed by atoms with Gasteiger partial charge in [-0.3, -0.25) is 0 Å². The molecule has 0 radical (unpaired) electrons. The number of halogens is 1. The van der Waals surface area contributed by atoms with Crippen LogP contribution < -0.4 is 5.32 Å². The molecule has 1 N–H and O–H groups in total. The number of ether oxygens (including phenoxy) is 1. The number of hydrogen-bond acceptors (Lipinski definition) is 3. The molecule has 1 aromatic rings. The highest BCUT2D eigenvalue weighted by atomic mass is 35.5. The van der Waals surface area contributed by atoms with Gasteiger partial charge in [-0.05, 0) is 31.2 Å². The first-order valence-electron chi connectivity index (χ1n) is 6.26. The summed E-state index contributed by atoms with van der Waals surface area (Å²) >= 11 is 6.08. The van der Waals surface area contributed by atoms with Gasteiger partial charge in [0, 0.05) is 38.3 Å². The summed E-state index contributed by atoms with van der Waals surface area (Å²) in [6, 6.07) is 6.20. The Morgan fingerprint density at radius 3 is 2.78 bits per heavy atom. The van der Waals surface area contributed by atoms with Crippen molar-refractivity contribution in [2.75, 3.05) is 40.4 Å². The smallest absolute Gasteiger partial charge is 0.0589 e. The summed E-state index contributed by atoms with van der Waals surface area (Å²) in [5, 5.41) is 4.25. The van der Waals surface area contributed by atoms with Crippen molar-refractivity contribution in [3.63, 3.8) is 0 Å². The Bertz CT molecular complexity index is 358. The van der Waals surface area contributed by atoms with Crippen LogP contribution in [0.5, 0.6) is 0 Å². The van der Waals surface area contributed by atoms with Crippen LogP contribution in [0.15, 0.2) is 18.2 Å². The maximum absolute atomic E-state index is 6.08. The SMILES string of the molecule is COCCN(C)CCNCc1ccc(C)c(Cl)c1. The van der Waals surface area contributed by atoms with Gasteiger partial charge in [0.15, 0.2) is 0 Å². The molecule has 0 saturated heterocycles. The lowest BCUT2D eigenvalue weighted by Crippen LogP contribution is -2.31. The molecule has 1 aromatic carbocycles. The number of nitrogens with zero attached hydrogens (tertiary/aromatic N) is 1. The largest absolute Gasteiger partial charge is 0.383 e. The normalized spacial score (nSPS) is 11.2. The lowest BCUT2D eigenvalue weighted by molar-refractivity contribution is 0.161. The summed E-state index contributed by atoms with van der Waals surface area (Å²) in [4.78, 5) is 2.25. The summed E-state index contributed by atoms with van der Waals surface area (Å²) in [6.45, 7) is 6.61. The molecule has 18 heavy (non-hydrogen) atoms. The van der Waals surface area contributed by atoms with E-state index in [1.165, 1.54) is 5.56 Å². The fourth-order valence-electron chi connectivity index (χ4n) is 1.61. The molecule has 0 unspecified atom stereocenters. The summed E-state index contributed by atoms with van der Waals surface area (Å²) in [5.74, 6) is 0. The van der Waals surface area contributed by atoms with Gasteiger partial charge in [0.25, 0.3) is 0 Å². The molecular formula is C14H23ClN2O. The quantitative estimate of drug-likeness (QED) is 0.734. The number of aryl methyl sites for hydroxylation is 1. The first kappa shape index (κ1) is 15.4. The van der Waals surface area contributed by atoms with Crippen LogP contribution in [0.2, 0.25) is 5.02 Å². The molecule has 0 aliphatic rings. The van der Waals surface area contributed by atoms with E-state index in [9.17, 15) is 0 Å². The molecule has 3 nitrogen and oxygen atoms in total. The average molecular weight is 271 g/mol. The Hall–Kier alpha value is -0.610. The van der Waals surface area contributed by atoms with E-state index in [4.69, 9.17) is 16.3 Å². The van der Waals surface area contributed by atoms with Gasteiger partial charge < -0.3 is 15.0 Å². The standard InChI is InChI=1S/C14H23ClN2O/c1-12-4-5-13(10-14(12)15)11-16-6-7-17(2)8-9-18-3/h4-5,10,16H,6-9,11H2,1-3H3. The molecule has 0 saturated carbocycles. The minimum atomic E-state index is 0.782. The molecule has 4 heteroatoms. The summed E-state index contributed by atoms with van der Waals surface area (Å²) in [6.07, 6.45) is 0. The maximum Gasteiger partial charge on any atom is 0.0589 e. The topological polar surface area (TPSA) is 24.5 Å². The van der Waals surface area contributed by atoms with Crippen molar-refractivity contribution < 1.29 is 4.74 Å². The molecule has 0 bridgehead atoms. The second-order valence-corrected chi connectivity index (χ2v) is 4.96. The summed E-state index contributed by atoms with van der Waals surface area (Å²) in [5.41, 5.74) is 2.35. The van der Waals surface area contributed by atoms with Crippen molar-refractivity contribution in [1.29, 1.82) is 0 Å². The fraction of sp³-hybridized carbons (Fsp3) is 0.571. The number of likely N-dealkylation sites (N-methyl/N-ethyl adjacent to an activating group) is 1. The van der Waals surface area contributed by atoms with Gasteiger partial charge in [-0.25, -0.2) is 0 Å². The van der Waals surface area contributed by atoms with E-state index in [0.717, 1.165) is 43.4 Å². The zero-order chi connectivity index (χ0) is 13.4. The van der Waals surface area contributed by atoms with Crippen molar-refractivity contribution in [1.82, 2.24) is 10.2 Å². The van der Waals surface area contributed by atoms with Crippen LogP contribution in [0, 0.1) is 6.92 Å². The molecule has 0 atom stereocenters. The minimum absolute atomic E-state index is 0.782. The molecule has 0 fully saturated rings. The molecule has 1 rings (SSSR count). The third-order valence-corrected chi connectivity index (χ3v) is 3.32. The third kappa shape index (κ3) is 5.83. The highest BCUT2D eigenvalue weighted by Crippen LogP contribution is 2.16. The summed E-state index contributed by atoms with van der Waals surface area (Å²) < 4.78 is 5.04. The predicted molar refractivity (Wildman–Crippen MR) is 77.3 cm³/mol. The van der Waals surface area contributed by atoms with E-state index in [0.29, 0.717) is 0 Å². The molecule has 0 heterocycles. The summed E-state index contributed by atoms with van der Waals surface area (Å²) in [7, 11) is 3.83. The Morgan fingerprint density at radius 2 is 2.11 bits per heavy atom. The molecular weight excluding hydrogens is 248 g/mol. The van der Waals surface area contributed by atoms with Crippen molar-refractivity contribution in [3.05, 3.63) is 34.3 Å². The minimum Gasteiger partial charge on any atom is -0.383 e. The van der Waals surface area contributed by atoms with E-state index in [2.05, 4.69) is 29.4 Å². The predicted octanol–water partition coefficient (Wildman–Crippen LogP) is 2.32. The van der Waals surface area contributed by atoms with Crippen molar-refractivity contribution in [2.24, 2.45) is 0 Å². The monoisotopic (exact) mass is 270 g/mol. The average Bonchev–Trinajstić information content (AvgIpc) is 2.36. The second-order valence-electron chi connectivity index (χ2n) is 4.56. The van der Waals surface area contributed by atoms with E-state index in [1.54, 1.807) is 7.11 Å². The molecule has 0 aromatic heterocycles. The first-order valence-corrected chi connectivity index (χ1v) is 6.64. The van der Waals surface area contributed by atoms with Crippen LogP contribution in [0.3, 0.4) is 0 Å². The van der Waals surface area contributed by atoms with Gasteiger partial charge in [0.05, 0.1) is 6.61 Å². The highest BCUT2D eigenvalue weighted by Gasteiger charge is 1.99. The molecule has 0 spiro atoms. The second kappa shape index (κ2) is 8.48. The van der Waals surface area contributed by atoms with Crippen molar-refractivity contribution in [2.45, 2.75) is 13.5 Å². The van der Waals surface area contributed by atoms with Crippen LogP contribution in [-0.2, 0) is 11.3 Å². The van der Waals surface area contributed by atoms with Crippen LogP contribution >= 0.6 is 11.6 Å². The fourth-order valence-corrected chi connectivity index (χ4v) is 1.81. The Balaban J connectivity index is 2.19. The van der Waals surface area contributed by atoms with Gasteiger partial charge in [-0.1, -0.05) is 23.7 Å². The molecule has 102 valence electrons. The van der Waals surface area contributed by atoms with Crippen molar-refractivity contribution >= 4 is 11.6 Å². The third-order valence-electron chi connectivity index (χ3n) is 2.91. The number of benzene rings is 1. The Kier molecular flexibility index (Phi) is 7.28. The van der Waals surface area contributed by atoms with Crippen LogP contribution in [0.25, 0.3) is 0 Å². The molecule has 0 amide bonds.